The number of primary amides is 1. The van der Waals surface area contributed by atoms with Crippen LogP contribution in [0.4, 0.5) is 0 Å². The van der Waals surface area contributed by atoms with Gasteiger partial charge in [0, 0.05) is 13.6 Å². The molecule has 0 heterocycles. The van der Waals surface area contributed by atoms with E-state index in [1.807, 2.05) is 26.0 Å². The van der Waals surface area contributed by atoms with Crippen molar-refractivity contribution in [3.63, 3.8) is 0 Å². The van der Waals surface area contributed by atoms with Crippen LogP contribution in [0.15, 0.2) is 12.1 Å². The van der Waals surface area contributed by atoms with Crippen LogP contribution in [0.1, 0.15) is 16.7 Å². The maximum Gasteiger partial charge on any atom is 0.311 e. The molecule has 5 nitrogen and oxygen atoms in total. The summed E-state index contributed by atoms with van der Waals surface area (Å²) >= 11 is 0. The fraction of sp³-hybridized carbons (Fsp3) is 0.385. The molecule has 0 bridgehead atoms. The summed E-state index contributed by atoms with van der Waals surface area (Å²) in [5.41, 5.74) is 7.98. The number of amides is 2. The third-order valence-corrected chi connectivity index (χ3v) is 3.03. The quantitative estimate of drug-likeness (QED) is 0.805. The van der Waals surface area contributed by atoms with Crippen molar-refractivity contribution >= 4 is 11.8 Å². The Morgan fingerprint density at radius 1 is 1.28 bits per heavy atom. The Hall–Kier alpha value is -2.04. The normalized spacial score (nSPS) is 10.0. The first-order valence-corrected chi connectivity index (χ1v) is 5.56. The molecule has 0 aliphatic carbocycles. The monoisotopic (exact) mass is 250 g/mol. The number of hydrogen-bond donors (Lipinski definition) is 1. The number of rotatable bonds is 3. The van der Waals surface area contributed by atoms with Gasteiger partial charge in [0.25, 0.3) is 0 Å². The van der Waals surface area contributed by atoms with E-state index in [4.69, 9.17) is 10.5 Å². The van der Waals surface area contributed by atoms with Gasteiger partial charge >= 0.3 is 11.8 Å². The Labute approximate surface area is 107 Å². The average molecular weight is 250 g/mol. The molecule has 2 amide bonds. The molecule has 98 valence electrons. The molecule has 0 spiro atoms. The van der Waals surface area contributed by atoms with Gasteiger partial charge in [0.1, 0.15) is 5.75 Å². The molecule has 0 atom stereocenters. The van der Waals surface area contributed by atoms with E-state index in [2.05, 4.69) is 0 Å². The van der Waals surface area contributed by atoms with E-state index in [1.54, 1.807) is 14.2 Å². The van der Waals surface area contributed by atoms with Crippen molar-refractivity contribution in [1.82, 2.24) is 4.90 Å². The van der Waals surface area contributed by atoms with Gasteiger partial charge in [-0.1, -0.05) is 6.07 Å². The zero-order chi connectivity index (χ0) is 13.9. The van der Waals surface area contributed by atoms with Crippen LogP contribution in [0.25, 0.3) is 0 Å². The zero-order valence-electron chi connectivity index (χ0n) is 11.1. The second-order valence-electron chi connectivity index (χ2n) is 4.20. The van der Waals surface area contributed by atoms with Crippen LogP contribution in [0.2, 0.25) is 0 Å². The largest absolute Gasteiger partial charge is 0.496 e. The van der Waals surface area contributed by atoms with E-state index in [0.29, 0.717) is 6.54 Å². The smallest absolute Gasteiger partial charge is 0.311 e. The van der Waals surface area contributed by atoms with Gasteiger partial charge in [0.05, 0.1) is 7.11 Å². The van der Waals surface area contributed by atoms with Gasteiger partial charge in [-0.3, -0.25) is 9.59 Å². The highest BCUT2D eigenvalue weighted by molar-refractivity contribution is 6.34. The lowest BCUT2D eigenvalue weighted by Crippen LogP contribution is -2.37. The predicted octanol–water partition coefficient (Wildman–Crippen LogP) is 0.756. The molecule has 0 radical (unpaired) electrons. The Morgan fingerprint density at radius 3 is 2.39 bits per heavy atom. The van der Waals surface area contributed by atoms with Gasteiger partial charge in [-0.25, -0.2) is 0 Å². The number of carbonyl (C=O) groups excluding carboxylic acids is 2. The van der Waals surface area contributed by atoms with E-state index >= 15 is 0 Å². The molecule has 1 rings (SSSR count). The highest BCUT2D eigenvalue weighted by atomic mass is 16.5. The Morgan fingerprint density at radius 2 is 1.89 bits per heavy atom. The fourth-order valence-electron chi connectivity index (χ4n) is 1.76. The molecule has 0 aromatic heterocycles. The van der Waals surface area contributed by atoms with Gasteiger partial charge in [-0.05, 0) is 36.6 Å². The minimum absolute atomic E-state index is 0.346. The van der Waals surface area contributed by atoms with Crippen molar-refractivity contribution in [1.29, 1.82) is 0 Å². The lowest BCUT2D eigenvalue weighted by molar-refractivity contribution is -0.143. The van der Waals surface area contributed by atoms with Crippen LogP contribution < -0.4 is 10.5 Å². The predicted molar refractivity (Wildman–Crippen MR) is 68.1 cm³/mol. The van der Waals surface area contributed by atoms with Crippen molar-refractivity contribution < 1.29 is 14.3 Å². The maximum absolute atomic E-state index is 11.4. The van der Waals surface area contributed by atoms with E-state index in [-0.39, 0.29) is 0 Å². The highest BCUT2D eigenvalue weighted by Crippen LogP contribution is 2.24. The van der Waals surface area contributed by atoms with Crippen molar-refractivity contribution in [2.75, 3.05) is 14.2 Å². The molecule has 1 aromatic carbocycles. The van der Waals surface area contributed by atoms with Crippen molar-refractivity contribution in [3.05, 3.63) is 28.8 Å². The third-order valence-electron chi connectivity index (χ3n) is 3.03. The lowest BCUT2D eigenvalue weighted by Gasteiger charge is -2.18. The van der Waals surface area contributed by atoms with Crippen molar-refractivity contribution in [2.45, 2.75) is 20.4 Å². The molecule has 0 unspecified atom stereocenters. The number of methoxy groups -OCH3 is 1. The van der Waals surface area contributed by atoms with E-state index < -0.39 is 11.8 Å². The van der Waals surface area contributed by atoms with Crippen LogP contribution >= 0.6 is 0 Å². The first kappa shape index (κ1) is 14.0. The lowest BCUT2D eigenvalue weighted by atomic mass is 10.0. The Balaban J connectivity index is 2.96. The number of hydrogen-bond acceptors (Lipinski definition) is 3. The minimum atomic E-state index is -0.944. The summed E-state index contributed by atoms with van der Waals surface area (Å²) < 4.78 is 5.22. The van der Waals surface area contributed by atoms with Gasteiger partial charge < -0.3 is 15.4 Å². The van der Waals surface area contributed by atoms with E-state index in [1.165, 1.54) is 4.90 Å². The van der Waals surface area contributed by atoms with E-state index in [0.717, 1.165) is 22.4 Å². The highest BCUT2D eigenvalue weighted by Gasteiger charge is 2.16. The SMILES string of the molecule is COc1ccc(CN(C)C(=O)C(N)=O)c(C)c1C. The molecule has 0 aliphatic rings. The second kappa shape index (κ2) is 5.53. The third kappa shape index (κ3) is 2.80. The van der Waals surface area contributed by atoms with Crippen LogP contribution in [0.3, 0.4) is 0 Å². The molecule has 1 aromatic rings. The van der Waals surface area contributed by atoms with Crippen LogP contribution in [0, 0.1) is 13.8 Å². The summed E-state index contributed by atoms with van der Waals surface area (Å²) in [5.74, 6) is -0.830. The fourth-order valence-corrected chi connectivity index (χ4v) is 1.76. The maximum atomic E-state index is 11.4. The molecular formula is C13H18N2O3. The van der Waals surface area contributed by atoms with Gasteiger partial charge in [-0.2, -0.15) is 0 Å². The number of carbonyl (C=O) groups is 2. The molecule has 0 fully saturated rings. The van der Waals surface area contributed by atoms with Crippen molar-refractivity contribution in [2.24, 2.45) is 5.73 Å². The summed E-state index contributed by atoms with van der Waals surface area (Å²) in [5, 5.41) is 0. The number of benzene rings is 1. The van der Waals surface area contributed by atoms with Gasteiger partial charge in [0.15, 0.2) is 0 Å². The summed E-state index contributed by atoms with van der Waals surface area (Å²) in [6.07, 6.45) is 0. The van der Waals surface area contributed by atoms with Crippen LogP contribution in [-0.2, 0) is 16.1 Å². The summed E-state index contributed by atoms with van der Waals surface area (Å²) in [7, 11) is 3.16. The molecular weight excluding hydrogens is 232 g/mol. The average Bonchev–Trinajstić information content (AvgIpc) is 2.34. The second-order valence-corrected chi connectivity index (χ2v) is 4.20. The molecule has 0 aliphatic heterocycles. The number of likely N-dealkylation sites (N-methyl/N-ethyl adjacent to an activating group) is 1. The minimum Gasteiger partial charge on any atom is -0.496 e. The zero-order valence-corrected chi connectivity index (χ0v) is 11.1. The van der Waals surface area contributed by atoms with Crippen LogP contribution in [0.5, 0.6) is 5.75 Å². The van der Waals surface area contributed by atoms with Crippen LogP contribution in [-0.4, -0.2) is 30.9 Å². The van der Waals surface area contributed by atoms with Gasteiger partial charge in [-0.15, -0.1) is 0 Å². The standard InChI is InChI=1S/C13H18N2O3/c1-8-9(2)11(18-4)6-5-10(8)7-15(3)13(17)12(14)16/h5-6H,7H2,1-4H3,(H2,14,16). The molecule has 2 N–H and O–H groups in total. The molecule has 5 heteroatoms. The van der Waals surface area contributed by atoms with Gasteiger partial charge in [0.2, 0.25) is 0 Å². The first-order chi connectivity index (χ1) is 8.38. The summed E-state index contributed by atoms with van der Waals surface area (Å²) in [6.45, 7) is 4.25. The summed E-state index contributed by atoms with van der Waals surface area (Å²) in [4.78, 5) is 23.5. The molecule has 0 saturated heterocycles. The first-order valence-electron chi connectivity index (χ1n) is 5.56. The summed E-state index contributed by atoms with van der Waals surface area (Å²) in [6, 6.07) is 3.73. The number of nitrogens with zero attached hydrogens (tertiary/aromatic N) is 1. The number of nitrogens with two attached hydrogens (primary N) is 1. The van der Waals surface area contributed by atoms with E-state index in [9.17, 15) is 9.59 Å². The molecule has 0 saturated carbocycles. The Kier molecular flexibility index (Phi) is 4.31. The van der Waals surface area contributed by atoms with Crippen molar-refractivity contribution in [3.8, 4) is 5.75 Å². The molecule has 18 heavy (non-hydrogen) atoms. The Bertz CT molecular complexity index is 483. The number of ether oxygens (including phenoxy) is 1. The topological polar surface area (TPSA) is 72.6 Å².